The number of nitrogens with one attached hydrogen (secondary N) is 1. The molecule has 2 saturated heterocycles. The number of aryl methyl sites for hydroxylation is 3. The van der Waals surface area contributed by atoms with Crippen molar-refractivity contribution >= 4 is 11.0 Å². The van der Waals surface area contributed by atoms with Crippen LogP contribution in [0.5, 0.6) is 0 Å². The van der Waals surface area contributed by atoms with Crippen molar-refractivity contribution in [3.8, 4) is 34.3 Å². The number of hydrogen-bond donors (Lipinski definition) is 1. The Balaban J connectivity index is 1.08. The molecule has 4 aromatic heterocycles. The van der Waals surface area contributed by atoms with Crippen molar-refractivity contribution in [3.05, 3.63) is 65.5 Å². The Labute approximate surface area is 225 Å². The van der Waals surface area contributed by atoms with E-state index in [4.69, 9.17) is 9.15 Å². The van der Waals surface area contributed by atoms with Crippen molar-refractivity contribution in [2.75, 3.05) is 13.2 Å². The molecule has 2 fully saturated rings. The van der Waals surface area contributed by atoms with Gasteiger partial charge in [-0.3, -0.25) is 15.0 Å². The van der Waals surface area contributed by atoms with Gasteiger partial charge in [0.1, 0.15) is 11.4 Å². The van der Waals surface area contributed by atoms with Crippen LogP contribution in [0.15, 0.2) is 53.2 Å². The Morgan fingerprint density at radius 3 is 2.59 bits per heavy atom. The molecule has 196 valence electrons. The van der Waals surface area contributed by atoms with Gasteiger partial charge in [0.25, 0.3) is 11.8 Å². The summed E-state index contributed by atoms with van der Waals surface area (Å²) in [7, 11) is 0. The Morgan fingerprint density at radius 1 is 0.897 bits per heavy atom. The predicted octanol–water partition coefficient (Wildman–Crippen LogP) is 4.77. The second kappa shape index (κ2) is 9.07. The van der Waals surface area contributed by atoms with Crippen LogP contribution in [0, 0.1) is 6.92 Å². The first-order valence-electron chi connectivity index (χ1n) is 13.8. The molecule has 9 heteroatoms. The van der Waals surface area contributed by atoms with Crippen molar-refractivity contribution < 1.29 is 9.15 Å². The van der Waals surface area contributed by atoms with E-state index in [1.54, 1.807) is 6.20 Å². The molecule has 0 saturated carbocycles. The molecule has 9 nitrogen and oxygen atoms in total. The molecule has 6 heterocycles. The van der Waals surface area contributed by atoms with Crippen LogP contribution in [-0.2, 0) is 17.6 Å². The van der Waals surface area contributed by atoms with Crippen LogP contribution in [0.1, 0.15) is 36.0 Å². The van der Waals surface area contributed by atoms with Gasteiger partial charge in [0.05, 0.1) is 18.6 Å². The van der Waals surface area contributed by atoms with Crippen molar-refractivity contribution in [2.45, 2.75) is 57.2 Å². The Kier molecular flexibility index (Phi) is 5.34. The van der Waals surface area contributed by atoms with Gasteiger partial charge in [-0.15, -0.1) is 10.2 Å². The highest BCUT2D eigenvalue weighted by Gasteiger charge is 2.45. The Bertz CT molecular complexity index is 1680. The fourth-order valence-corrected chi connectivity index (χ4v) is 6.68. The molecule has 39 heavy (non-hydrogen) atoms. The van der Waals surface area contributed by atoms with E-state index in [0.29, 0.717) is 46.9 Å². The summed E-state index contributed by atoms with van der Waals surface area (Å²) < 4.78 is 11.7. The van der Waals surface area contributed by atoms with E-state index in [0.717, 1.165) is 42.6 Å². The van der Waals surface area contributed by atoms with E-state index < -0.39 is 0 Å². The molecule has 5 aromatic rings. The zero-order valence-electron chi connectivity index (χ0n) is 21.8. The number of benzene rings is 1. The van der Waals surface area contributed by atoms with Crippen molar-refractivity contribution in [1.82, 2.24) is 35.3 Å². The average molecular weight is 520 g/mol. The quantitative estimate of drug-likeness (QED) is 0.339. The van der Waals surface area contributed by atoms with Crippen LogP contribution < -0.4 is 0 Å². The number of aromatic nitrogens is 6. The lowest BCUT2D eigenvalue weighted by molar-refractivity contribution is -0.148. The fourth-order valence-electron chi connectivity index (χ4n) is 6.68. The number of ether oxygens (including phenoxy) is 1. The molecule has 1 aliphatic carbocycles. The molecule has 3 unspecified atom stereocenters. The molecule has 3 atom stereocenters. The number of nitrogens with zero attached hydrogens (tertiary/aromatic N) is 6. The molecular formula is C30H29N7O2. The summed E-state index contributed by atoms with van der Waals surface area (Å²) in [4.78, 5) is 11.8. The van der Waals surface area contributed by atoms with Gasteiger partial charge in [0, 0.05) is 36.1 Å². The van der Waals surface area contributed by atoms with Crippen molar-refractivity contribution in [1.29, 1.82) is 0 Å². The van der Waals surface area contributed by atoms with Gasteiger partial charge in [0.15, 0.2) is 5.65 Å². The number of pyridine rings is 2. The highest BCUT2D eigenvalue weighted by molar-refractivity contribution is 5.91. The zero-order valence-corrected chi connectivity index (χ0v) is 21.8. The number of rotatable bonds is 4. The monoisotopic (exact) mass is 519 g/mol. The van der Waals surface area contributed by atoms with Gasteiger partial charge in [-0.25, -0.2) is 4.98 Å². The average Bonchev–Trinajstić information content (AvgIpc) is 3.57. The molecule has 0 amide bonds. The maximum atomic E-state index is 6.01. The lowest BCUT2D eigenvalue weighted by Gasteiger charge is -2.56. The van der Waals surface area contributed by atoms with Crippen molar-refractivity contribution in [3.63, 3.8) is 0 Å². The second-order valence-corrected chi connectivity index (χ2v) is 11.0. The van der Waals surface area contributed by atoms with Gasteiger partial charge in [-0.2, -0.15) is 5.10 Å². The van der Waals surface area contributed by atoms with E-state index in [1.165, 1.54) is 36.0 Å². The first-order valence-corrected chi connectivity index (χ1v) is 13.8. The first-order chi connectivity index (χ1) is 19.2. The zero-order chi connectivity index (χ0) is 25.9. The molecule has 1 aromatic carbocycles. The summed E-state index contributed by atoms with van der Waals surface area (Å²) in [5, 5.41) is 16.8. The molecule has 3 aliphatic rings. The van der Waals surface area contributed by atoms with Crippen LogP contribution in [0.4, 0.5) is 0 Å². The highest BCUT2D eigenvalue weighted by Crippen LogP contribution is 2.38. The van der Waals surface area contributed by atoms with Crippen LogP contribution >= 0.6 is 0 Å². The number of H-pyrrole nitrogens is 1. The number of fused-ring (bicyclic) bond motifs is 4. The third-order valence-electron chi connectivity index (χ3n) is 8.72. The molecule has 2 bridgehead atoms. The molecule has 8 rings (SSSR count). The molecular weight excluding hydrogens is 490 g/mol. The summed E-state index contributed by atoms with van der Waals surface area (Å²) in [6, 6.07) is 14.8. The number of aromatic amines is 1. The SMILES string of the molecule is Cc1cccnc1-c1nnc(-c2[nH]nc3ncc(-c4ccc5c(c4)CCC(N4C6COCC4C6)CC5)cc23)o1. The first kappa shape index (κ1) is 23.0. The number of morpholine rings is 1. The van der Waals surface area contributed by atoms with Crippen LogP contribution in [0.2, 0.25) is 0 Å². The highest BCUT2D eigenvalue weighted by atomic mass is 16.5. The van der Waals surface area contributed by atoms with Crippen LogP contribution in [0.25, 0.3) is 45.3 Å². The van der Waals surface area contributed by atoms with E-state index >= 15 is 0 Å². The smallest absolute Gasteiger partial charge is 0.266 e. The minimum Gasteiger partial charge on any atom is -0.413 e. The minimum absolute atomic E-state index is 0.366. The van der Waals surface area contributed by atoms with Gasteiger partial charge < -0.3 is 9.15 Å². The Morgan fingerprint density at radius 2 is 1.74 bits per heavy atom. The summed E-state index contributed by atoms with van der Waals surface area (Å²) >= 11 is 0. The third kappa shape index (κ3) is 3.87. The molecule has 2 aliphatic heterocycles. The van der Waals surface area contributed by atoms with Gasteiger partial charge in [-0.05, 0) is 73.4 Å². The van der Waals surface area contributed by atoms with Crippen LogP contribution in [-0.4, -0.2) is 66.6 Å². The van der Waals surface area contributed by atoms with Crippen molar-refractivity contribution in [2.24, 2.45) is 0 Å². The predicted molar refractivity (Wildman–Crippen MR) is 146 cm³/mol. The summed E-state index contributed by atoms with van der Waals surface area (Å²) in [5.41, 5.74) is 8.07. The number of hydrogen-bond acceptors (Lipinski definition) is 8. The lowest BCUT2D eigenvalue weighted by Crippen LogP contribution is -2.66. The summed E-state index contributed by atoms with van der Waals surface area (Å²) in [5.74, 6) is 0.749. The van der Waals surface area contributed by atoms with E-state index in [1.807, 2.05) is 25.3 Å². The van der Waals surface area contributed by atoms with Gasteiger partial charge in [-0.1, -0.05) is 24.3 Å². The van der Waals surface area contributed by atoms with Crippen LogP contribution in [0.3, 0.4) is 0 Å². The third-order valence-corrected chi connectivity index (χ3v) is 8.72. The van der Waals surface area contributed by atoms with E-state index in [2.05, 4.69) is 59.5 Å². The normalized spacial score (nSPS) is 22.8. The van der Waals surface area contributed by atoms with Gasteiger partial charge >= 0.3 is 0 Å². The minimum atomic E-state index is 0.366. The topological polar surface area (TPSA) is 106 Å². The molecule has 1 N–H and O–H groups in total. The molecule has 0 radical (unpaired) electrons. The van der Waals surface area contributed by atoms with Gasteiger partial charge in [0.2, 0.25) is 0 Å². The molecule has 0 spiro atoms. The van der Waals surface area contributed by atoms with E-state index in [-0.39, 0.29) is 0 Å². The summed E-state index contributed by atoms with van der Waals surface area (Å²) in [6.07, 6.45) is 9.61. The second-order valence-electron chi connectivity index (χ2n) is 11.0. The Hall–Kier alpha value is -3.95. The van der Waals surface area contributed by atoms with E-state index in [9.17, 15) is 0 Å². The fraction of sp³-hybridized carbons (Fsp3) is 0.367. The largest absolute Gasteiger partial charge is 0.413 e. The lowest BCUT2D eigenvalue weighted by atomic mass is 9.87. The maximum absolute atomic E-state index is 6.01. The maximum Gasteiger partial charge on any atom is 0.266 e. The standard InChI is InChI=1S/C30H29N7O2/c1-17-3-2-10-31-26(17)29-35-36-30(39-29)27-25-12-21(14-32-28(25)34-33-27)20-5-4-18-6-8-22(9-7-19(18)11-20)37-23-13-24(37)16-38-15-23/h2-5,10-12,14,22-24H,6-9,13,15-16H2,1H3,(H,32,33,34). The summed E-state index contributed by atoms with van der Waals surface area (Å²) in [6.45, 7) is 3.78.